The van der Waals surface area contributed by atoms with Crippen LogP contribution >= 0.6 is 0 Å². The van der Waals surface area contributed by atoms with E-state index in [1.807, 2.05) is 18.2 Å². The third-order valence-electron chi connectivity index (χ3n) is 4.56. The summed E-state index contributed by atoms with van der Waals surface area (Å²) < 4.78 is 11.4. The molecule has 0 atom stereocenters. The van der Waals surface area contributed by atoms with Crippen LogP contribution in [0.1, 0.15) is 18.4 Å². The molecule has 0 amide bonds. The standard InChI is InChI=1S/C18H22N4O2/c1-3-14(17-16(4-1)23-11-12-24-17)13-21-15-5-9-22(10-6-15)18-19-7-2-8-20-18/h1-4,7-8,15,21H,5-6,9-13H2. The van der Waals surface area contributed by atoms with Gasteiger partial charge in [-0.15, -0.1) is 0 Å². The minimum Gasteiger partial charge on any atom is -0.486 e. The third-order valence-corrected chi connectivity index (χ3v) is 4.56. The van der Waals surface area contributed by atoms with Crippen molar-refractivity contribution in [1.29, 1.82) is 0 Å². The van der Waals surface area contributed by atoms with Crippen LogP contribution in [0, 0.1) is 0 Å². The van der Waals surface area contributed by atoms with Crippen molar-refractivity contribution in [2.45, 2.75) is 25.4 Å². The Morgan fingerprint density at radius 1 is 1.04 bits per heavy atom. The Morgan fingerprint density at radius 3 is 2.67 bits per heavy atom. The summed E-state index contributed by atoms with van der Waals surface area (Å²) in [5, 5.41) is 3.66. The molecule has 2 aromatic rings. The number of aromatic nitrogens is 2. The first-order chi connectivity index (χ1) is 11.9. The molecule has 24 heavy (non-hydrogen) atoms. The average Bonchev–Trinajstić information content (AvgIpc) is 2.67. The van der Waals surface area contributed by atoms with Crippen LogP contribution in [0.4, 0.5) is 5.95 Å². The van der Waals surface area contributed by atoms with Gasteiger partial charge in [-0.2, -0.15) is 0 Å². The fraction of sp³-hybridized carbons (Fsp3) is 0.444. The van der Waals surface area contributed by atoms with E-state index in [9.17, 15) is 0 Å². The molecule has 1 fully saturated rings. The van der Waals surface area contributed by atoms with Crippen LogP contribution in [-0.2, 0) is 6.54 Å². The van der Waals surface area contributed by atoms with Gasteiger partial charge in [0.1, 0.15) is 13.2 Å². The summed E-state index contributed by atoms with van der Waals surface area (Å²) in [6.45, 7) is 4.02. The lowest BCUT2D eigenvalue weighted by molar-refractivity contribution is 0.169. The largest absolute Gasteiger partial charge is 0.486 e. The number of benzene rings is 1. The molecule has 0 bridgehead atoms. The van der Waals surface area contributed by atoms with E-state index in [0.29, 0.717) is 19.3 Å². The summed E-state index contributed by atoms with van der Waals surface area (Å²) in [5.74, 6) is 2.58. The Kier molecular flexibility index (Phi) is 4.46. The number of anilines is 1. The molecule has 6 nitrogen and oxygen atoms in total. The van der Waals surface area contributed by atoms with Crippen molar-refractivity contribution in [2.24, 2.45) is 0 Å². The van der Waals surface area contributed by atoms with Gasteiger partial charge in [0.15, 0.2) is 11.5 Å². The molecule has 2 aliphatic rings. The van der Waals surface area contributed by atoms with Crippen molar-refractivity contribution in [2.75, 3.05) is 31.2 Å². The lowest BCUT2D eigenvalue weighted by atomic mass is 10.0. The SMILES string of the molecule is c1cnc(N2CCC(NCc3cccc4c3OCCO4)CC2)nc1. The van der Waals surface area contributed by atoms with Crippen molar-refractivity contribution >= 4 is 5.95 Å². The van der Waals surface area contributed by atoms with Crippen molar-refractivity contribution in [3.8, 4) is 11.5 Å². The molecular formula is C18H22N4O2. The summed E-state index contributed by atoms with van der Waals surface area (Å²) in [6.07, 6.45) is 5.77. The number of piperidine rings is 1. The van der Waals surface area contributed by atoms with E-state index in [2.05, 4.69) is 26.3 Å². The van der Waals surface area contributed by atoms with Crippen LogP contribution in [0.15, 0.2) is 36.7 Å². The topological polar surface area (TPSA) is 59.5 Å². The Morgan fingerprint density at radius 2 is 1.83 bits per heavy atom. The van der Waals surface area contributed by atoms with E-state index >= 15 is 0 Å². The molecule has 126 valence electrons. The highest BCUT2D eigenvalue weighted by atomic mass is 16.6. The number of nitrogens with zero attached hydrogens (tertiary/aromatic N) is 3. The highest BCUT2D eigenvalue weighted by Crippen LogP contribution is 2.33. The summed E-state index contributed by atoms with van der Waals surface area (Å²) in [7, 11) is 0. The van der Waals surface area contributed by atoms with Crippen LogP contribution in [0.3, 0.4) is 0 Å². The van der Waals surface area contributed by atoms with E-state index in [0.717, 1.165) is 49.9 Å². The van der Waals surface area contributed by atoms with Gasteiger partial charge in [-0.05, 0) is 25.0 Å². The molecule has 6 heteroatoms. The number of para-hydroxylation sites is 1. The van der Waals surface area contributed by atoms with Gasteiger partial charge in [-0.1, -0.05) is 12.1 Å². The molecule has 1 aromatic heterocycles. The molecule has 0 spiro atoms. The second-order valence-electron chi connectivity index (χ2n) is 6.13. The van der Waals surface area contributed by atoms with Gasteiger partial charge < -0.3 is 19.7 Å². The zero-order valence-electron chi connectivity index (χ0n) is 13.6. The van der Waals surface area contributed by atoms with Crippen LogP contribution in [0.5, 0.6) is 11.5 Å². The maximum absolute atomic E-state index is 5.78. The van der Waals surface area contributed by atoms with E-state index in [1.165, 1.54) is 5.56 Å². The Hall–Kier alpha value is -2.34. The lowest BCUT2D eigenvalue weighted by Crippen LogP contribution is -2.42. The van der Waals surface area contributed by atoms with Crippen molar-refractivity contribution in [1.82, 2.24) is 15.3 Å². The molecule has 0 unspecified atom stereocenters. The van der Waals surface area contributed by atoms with E-state index in [1.54, 1.807) is 12.4 Å². The van der Waals surface area contributed by atoms with Crippen LogP contribution in [0.2, 0.25) is 0 Å². The zero-order chi connectivity index (χ0) is 16.2. The molecule has 0 radical (unpaired) electrons. The van der Waals surface area contributed by atoms with Gasteiger partial charge in [0.25, 0.3) is 0 Å². The van der Waals surface area contributed by atoms with E-state index in [-0.39, 0.29) is 0 Å². The molecule has 1 aromatic carbocycles. The predicted molar refractivity (Wildman–Crippen MR) is 91.5 cm³/mol. The van der Waals surface area contributed by atoms with Crippen molar-refractivity contribution in [3.05, 3.63) is 42.2 Å². The molecule has 3 heterocycles. The van der Waals surface area contributed by atoms with Crippen LogP contribution < -0.4 is 19.7 Å². The Balaban J connectivity index is 1.32. The Bertz CT molecular complexity index is 672. The monoisotopic (exact) mass is 326 g/mol. The molecular weight excluding hydrogens is 304 g/mol. The maximum atomic E-state index is 5.78. The van der Waals surface area contributed by atoms with Crippen LogP contribution in [-0.4, -0.2) is 42.3 Å². The number of hydrogen-bond donors (Lipinski definition) is 1. The molecule has 1 N–H and O–H groups in total. The maximum Gasteiger partial charge on any atom is 0.225 e. The first kappa shape index (κ1) is 15.2. The summed E-state index contributed by atoms with van der Waals surface area (Å²) >= 11 is 0. The summed E-state index contributed by atoms with van der Waals surface area (Å²) in [5.41, 5.74) is 1.17. The molecule has 0 aliphatic carbocycles. The fourth-order valence-corrected chi connectivity index (χ4v) is 3.27. The first-order valence-corrected chi connectivity index (χ1v) is 8.53. The van der Waals surface area contributed by atoms with Gasteiger partial charge in [-0.3, -0.25) is 0 Å². The predicted octanol–water partition coefficient (Wildman–Crippen LogP) is 2.01. The number of rotatable bonds is 4. The fourth-order valence-electron chi connectivity index (χ4n) is 3.27. The highest BCUT2D eigenvalue weighted by Gasteiger charge is 2.21. The minimum absolute atomic E-state index is 0.505. The van der Waals surface area contributed by atoms with Gasteiger partial charge in [0.05, 0.1) is 0 Å². The summed E-state index contributed by atoms with van der Waals surface area (Å²) in [4.78, 5) is 10.9. The van der Waals surface area contributed by atoms with E-state index in [4.69, 9.17) is 9.47 Å². The molecule has 2 aliphatic heterocycles. The van der Waals surface area contributed by atoms with Gasteiger partial charge >= 0.3 is 0 Å². The lowest BCUT2D eigenvalue weighted by Gasteiger charge is -2.32. The summed E-state index contributed by atoms with van der Waals surface area (Å²) in [6, 6.07) is 8.46. The average molecular weight is 326 g/mol. The van der Waals surface area contributed by atoms with Crippen molar-refractivity contribution < 1.29 is 9.47 Å². The smallest absolute Gasteiger partial charge is 0.225 e. The van der Waals surface area contributed by atoms with Crippen molar-refractivity contribution in [3.63, 3.8) is 0 Å². The number of ether oxygens (including phenoxy) is 2. The van der Waals surface area contributed by atoms with Gasteiger partial charge in [0.2, 0.25) is 5.95 Å². The number of nitrogens with one attached hydrogen (secondary N) is 1. The first-order valence-electron chi connectivity index (χ1n) is 8.53. The minimum atomic E-state index is 0.505. The van der Waals surface area contributed by atoms with E-state index < -0.39 is 0 Å². The zero-order valence-corrected chi connectivity index (χ0v) is 13.6. The van der Waals surface area contributed by atoms with Crippen LogP contribution in [0.25, 0.3) is 0 Å². The molecule has 4 rings (SSSR count). The number of hydrogen-bond acceptors (Lipinski definition) is 6. The van der Waals surface area contributed by atoms with Gasteiger partial charge in [0, 0.05) is 43.6 Å². The normalized spacial score (nSPS) is 17.8. The third kappa shape index (κ3) is 3.28. The second kappa shape index (κ2) is 7.05. The molecule has 0 saturated carbocycles. The highest BCUT2D eigenvalue weighted by molar-refractivity contribution is 5.47. The second-order valence-corrected chi connectivity index (χ2v) is 6.13. The van der Waals surface area contributed by atoms with Gasteiger partial charge in [-0.25, -0.2) is 9.97 Å². The Labute approximate surface area is 141 Å². The quantitative estimate of drug-likeness (QED) is 0.927. The molecule has 1 saturated heterocycles. The number of fused-ring (bicyclic) bond motifs is 1.